The Morgan fingerprint density at radius 3 is 2.91 bits per heavy atom. The third-order valence-corrected chi connectivity index (χ3v) is 1.42. The predicted octanol–water partition coefficient (Wildman–Crippen LogP) is -0.596. The van der Waals surface area contributed by atoms with Gasteiger partial charge in [-0.25, -0.2) is 4.98 Å². The molecule has 0 atom stereocenters. The summed E-state index contributed by atoms with van der Waals surface area (Å²) in [5.41, 5.74) is 5.25. The van der Waals surface area contributed by atoms with E-state index in [0.717, 1.165) is 0 Å². The number of hydrogen-bond donors (Lipinski definition) is 2. The van der Waals surface area contributed by atoms with Gasteiger partial charge in [-0.3, -0.25) is 9.36 Å². The van der Waals surface area contributed by atoms with E-state index in [-0.39, 0.29) is 11.2 Å². The standard InChI is InChI=1S/C6H10N4O/c1-8-6-9-3-4(7)5(11)10(6)2/h3H,7H2,1-2H3,(H,8,9). The van der Waals surface area contributed by atoms with Crippen LogP contribution in [0.15, 0.2) is 11.0 Å². The van der Waals surface area contributed by atoms with E-state index in [1.54, 1.807) is 14.1 Å². The highest BCUT2D eigenvalue weighted by molar-refractivity contribution is 5.36. The molecule has 1 aromatic heterocycles. The Morgan fingerprint density at radius 1 is 1.73 bits per heavy atom. The van der Waals surface area contributed by atoms with Crippen molar-refractivity contribution >= 4 is 11.6 Å². The number of anilines is 2. The number of nitrogens with one attached hydrogen (secondary N) is 1. The zero-order valence-corrected chi connectivity index (χ0v) is 6.46. The number of rotatable bonds is 1. The van der Waals surface area contributed by atoms with Gasteiger partial charge in [0.1, 0.15) is 5.69 Å². The van der Waals surface area contributed by atoms with Crippen molar-refractivity contribution < 1.29 is 0 Å². The summed E-state index contributed by atoms with van der Waals surface area (Å²) < 4.78 is 1.36. The summed E-state index contributed by atoms with van der Waals surface area (Å²) in [5.74, 6) is 0.504. The van der Waals surface area contributed by atoms with Crippen molar-refractivity contribution in [1.82, 2.24) is 9.55 Å². The Bertz CT molecular complexity index is 317. The molecule has 0 unspecified atom stereocenters. The van der Waals surface area contributed by atoms with Gasteiger partial charge < -0.3 is 11.1 Å². The van der Waals surface area contributed by atoms with E-state index in [1.165, 1.54) is 10.8 Å². The fourth-order valence-electron chi connectivity index (χ4n) is 0.795. The lowest BCUT2D eigenvalue weighted by atomic mass is 10.5. The van der Waals surface area contributed by atoms with Crippen LogP contribution >= 0.6 is 0 Å². The van der Waals surface area contributed by atoms with E-state index < -0.39 is 0 Å². The number of hydrogen-bond acceptors (Lipinski definition) is 4. The van der Waals surface area contributed by atoms with Crippen LogP contribution in [0.2, 0.25) is 0 Å². The van der Waals surface area contributed by atoms with Crippen LogP contribution in [0.4, 0.5) is 11.6 Å². The minimum Gasteiger partial charge on any atom is -0.393 e. The van der Waals surface area contributed by atoms with Crippen molar-refractivity contribution in [2.24, 2.45) is 7.05 Å². The molecular formula is C6H10N4O. The Labute approximate surface area is 63.9 Å². The van der Waals surface area contributed by atoms with Crippen molar-refractivity contribution in [2.75, 3.05) is 18.1 Å². The molecule has 0 aromatic carbocycles. The van der Waals surface area contributed by atoms with Gasteiger partial charge in [0.15, 0.2) is 0 Å². The molecule has 3 N–H and O–H groups in total. The van der Waals surface area contributed by atoms with Crippen LogP contribution in [-0.2, 0) is 7.05 Å². The summed E-state index contributed by atoms with van der Waals surface area (Å²) in [6.07, 6.45) is 1.34. The molecule has 5 heteroatoms. The van der Waals surface area contributed by atoms with Crippen LogP contribution in [0.25, 0.3) is 0 Å². The van der Waals surface area contributed by atoms with E-state index in [2.05, 4.69) is 10.3 Å². The maximum atomic E-state index is 11.1. The number of aromatic nitrogens is 2. The van der Waals surface area contributed by atoms with Crippen molar-refractivity contribution in [3.63, 3.8) is 0 Å². The summed E-state index contributed by atoms with van der Waals surface area (Å²) in [6.45, 7) is 0. The highest BCUT2D eigenvalue weighted by atomic mass is 16.1. The second-order valence-electron chi connectivity index (χ2n) is 2.15. The highest BCUT2D eigenvalue weighted by Crippen LogP contribution is 1.96. The van der Waals surface area contributed by atoms with Gasteiger partial charge in [-0.2, -0.15) is 0 Å². The topological polar surface area (TPSA) is 72.9 Å². The first kappa shape index (κ1) is 7.59. The minimum absolute atomic E-state index is 0.159. The monoisotopic (exact) mass is 154 g/mol. The van der Waals surface area contributed by atoms with E-state index >= 15 is 0 Å². The summed E-state index contributed by atoms with van der Waals surface area (Å²) >= 11 is 0. The fourth-order valence-corrected chi connectivity index (χ4v) is 0.795. The molecule has 0 aliphatic rings. The van der Waals surface area contributed by atoms with Gasteiger partial charge in [-0.05, 0) is 0 Å². The molecule has 0 saturated carbocycles. The van der Waals surface area contributed by atoms with E-state index in [1.807, 2.05) is 0 Å². The zero-order chi connectivity index (χ0) is 8.43. The summed E-state index contributed by atoms with van der Waals surface area (Å²) in [7, 11) is 3.30. The van der Waals surface area contributed by atoms with E-state index in [0.29, 0.717) is 5.95 Å². The number of nitrogens with two attached hydrogens (primary N) is 1. The number of nitrogens with zero attached hydrogens (tertiary/aromatic N) is 2. The second-order valence-corrected chi connectivity index (χ2v) is 2.15. The third-order valence-electron chi connectivity index (χ3n) is 1.42. The van der Waals surface area contributed by atoms with Gasteiger partial charge in [0.05, 0.1) is 6.20 Å². The molecule has 5 nitrogen and oxygen atoms in total. The van der Waals surface area contributed by atoms with E-state index in [9.17, 15) is 4.79 Å². The molecule has 0 fully saturated rings. The van der Waals surface area contributed by atoms with Gasteiger partial charge in [-0.1, -0.05) is 0 Å². The van der Waals surface area contributed by atoms with Crippen LogP contribution in [-0.4, -0.2) is 16.6 Å². The molecule has 0 aliphatic heterocycles. The normalized spacial score (nSPS) is 9.64. The van der Waals surface area contributed by atoms with Crippen molar-refractivity contribution in [3.05, 3.63) is 16.6 Å². The molecule has 1 rings (SSSR count). The number of nitrogen functional groups attached to an aromatic ring is 1. The summed E-state index contributed by atoms with van der Waals surface area (Å²) in [4.78, 5) is 15.0. The molecular weight excluding hydrogens is 144 g/mol. The molecule has 0 saturated heterocycles. The van der Waals surface area contributed by atoms with Crippen molar-refractivity contribution in [2.45, 2.75) is 0 Å². The lowest BCUT2D eigenvalue weighted by Crippen LogP contribution is -2.23. The lowest BCUT2D eigenvalue weighted by Gasteiger charge is -2.04. The fraction of sp³-hybridized carbons (Fsp3) is 0.333. The Kier molecular flexibility index (Phi) is 1.80. The van der Waals surface area contributed by atoms with Crippen molar-refractivity contribution in [1.29, 1.82) is 0 Å². The largest absolute Gasteiger partial charge is 0.393 e. The first-order chi connectivity index (χ1) is 5.16. The molecule has 0 radical (unpaired) electrons. The average Bonchev–Trinajstić information content (AvgIpc) is 2.01. The van der Waals surface area contributed by atoms with Gasteiger partial charge in [-0.15, -0.1) is 0 Å². The Hall–Kier alpha value is -1.52. The van der Waals surface area contributed by atoms with Gasteiger partial charge in [0.25, 0.3) is 5.56 Å². The maximum absolute atomic E-state index is 11.1. The maximum Gasteiger partial charge on any atom is 0.277 e. The SMILES string of the molecule is CNc1ncc(N)c(=O)n1C. The highest BCUT2D eigenvalue weighted by Gasteiger charge is 2.00. The van der Waals surface area contributed by atoms with Gasteiger partial charge in [0, 0.05) is 14.1 Å². The Balaban J connectivity index is 3.37. The van der Waals surface area contributed by atoms with Crippen LogP contribution < -0.4 is 16.6 Å². The van der Waals surface area contributed by atoms with Crippen LogP contribution in [0.3, 0.4) is 0 Å². The first-order valence-electron chi connectivity index (χ1n) is 3.16. The zero-order valence-electron chi connectivity index (χ0n) is 6.46. The smallest absolute Gasteiger partial charge is 0.277 e. The first-order valence-corrected chi connectivity index (χ1v) is 3.16. The summed E-state index contributed by atoms with van der Waals surface area (Å²) in [5, 5.41) is 2.76. The van der Waals surface area contributed by atoms with Gasteiger partial charge in [0.2, 0.25) is 5.95 Å². The predicted molar refractivity (Wildman–Crippen MR) is 43.4 cm³/mol. The molecule has 0 amide bonds. The molecule has 0 aliphatic carbocycles. The van der Waals surface area contributed by atoms with Gasteiger partial charge >= 0.3 is 0 Å². The van der Waals surface area contributed by atoms with Crippen LogP contribution in [0.5, 0.6) is 0 Å². The van der Waals surface area contributed by atoms with Crippen molar-refractivity contribution in [3.8, 4) is 0 Å². The minimum atomic E-state index is -0.232. The van der Waals surface area contributed by atoms with E-state index in [4.69, 9.17) is 5.73 Å². The molecule has 60 valence electrons. The quantitative estimate of drug-likeness (QED) is 0.566. The van der Waals surface area contributed by atoms with Crippen LogP contribution in [0, 0.1) is 0 Å². The summed E-state index contributed by atoms with van der Waals surface area (Å²) in [6, 6.07) is 0. The third kappa shape index (κ3) is 1.17. The molecule has 1 heterocycles. The molecule has 0 spiro atoms. The van der Waals surface area contributed by atoms with Crippen LogP contribution in [0.1, 0.15) is 0 Å². The second kappa shape index (κ2) is 2.61. The average molecular weight is 154 g/mol. The molecule has 11 heavy (non-hydrogen) atoms. The molecule has 0 bridgehead atoms. The lowest BCUT2D eigenvalue weighted by molar-refractivity contribution is 0.838. The Morgan fingerprint density at radius 2 is 2.36 bits per heavy atom. The molecule has 1 aromatic rings.